The van der Waals surface area contributed by atoms with E-state index in [0.717, 1.165) is 18.0 Å². The lowest BCUT2D eigenvalue weighted by atomic mass is 9.85. The summed E-state index contributed by atoms with van der Waals surface area (Å²) in [6.07, 6.45) is 6.19. The smallest absolute Gasteiger partial charge is 0.137 e. The van der Waals surface area contributed by atoms with Gasteiger partial charge in [0.2, 0.25) is 0 Å². The van der Waals surface area contributed by atoms with Crippen molar-refractivity contribution in [3.05, 3.63) is 84.0 Å². The van der Waals surface area contributed by atoms with E-state index in [1.165, 1.54) is 29.6 Å². The molecule has 0 fully saturated rings. The molecule has 0 saturated carbocycles. The fourth-order valence-electron chi connectivity index (χ4n) is 4.48. The van der Waals surface area contributed by atoms with Crippen LogP contribution in [0.2, 0.25) is 0 Å². The van der Waals surface area contributed by atoms with Crippen molar-refractivity contribution < 1.29 is 13.9 Å². The minimum atomic E-state index is -1.72. The normalized spacial score (nSPS) is 16.3. The number of halogens is 2. The number of nitriles is 1. The van der Waals surface area contributed by atoms with Gasteiger partial charge in [-0.2, -0.15) is 10.4 Å². The molecule has 0 aliphatic carbocycles. The Kier molecular flexibility index (Phi) is 5.84. The third-order valence-electron chi connectivity index (χ3n) is 6.49. The zero-order valence-corrected chi connectivity index (χ0v) is 18.9. The summed E-state index contributed by atoms with van der Waals surface area (Å²) in [6, 6.07) is 8.10. The van der Waals surface area contributed by atoms with Crippen LogP contribution in [-0.2, 0) is 25.2 Å². The maximum Gasteiger partial charge on any atom is 0.137 e. The van der Waals surface area contributed by atoms with Crippen molar-refractivity contribution in [1.29, 1.82) is 5.26 Å². The largest absolute Gasteiger partial charge is 0.381 e. The fraction of sp³-hybridized carbons (Fsp3) is 0.292. The van der Waals surface area contributed by atoms with Crippen molar-refractivity contribution in [2.24, 2.45) is 0 Å². The van der Waals surface area contributed by atoms with Crippen molar-refractivity contribution in [3.63, 3.8) is 0 Å². The van der Waals surface area contributed by atoms with Gasteiger partial charge < -0.3 is 9.67 Å². The van der Waals surface area contributed by atoms with Crippen LogP contribution in [0.15, 0.2) is 55.4 Å². The molecule has 4 heterocycles. The Balaban J connectivity index is 1.44. The lowest BCUT2D eigenvalue weighted by molar-refractivity contribution is -0.0709. The van der Waals surface area contributed by atoms with Gasteiger partial charge in [0.25, 0.3) is 0 Å². The summed E-state index contributed by atoms with van der Waals surface area (Å²) in [5.74, 6) is -0.773. The zero-order chi connectivity index (χ0) is 24.6. The molecule has 9 nitrogen and oxygen atoms in total. The molecule has 0 bridgehead atoms. The molecule has 0 saturated heterocycles. The minimum absolute atomic E-state index is 0.0155. The van der Waals surface area contributed by atoms with Crippen molar-refractivity contribution in [3.8, 4) is 17.5 Å². The molecule has 178 valence electrons. The highest BCUT2D eigenvalue weighted by atomic mass is 19.1. The molecule has 1 N–H and O–H groups in total. The fourth-order valence-corrected chi connectivity index (χ4v) is 4.48. The Morgan fingerprint density at radius 2 is 2.06 bits per heavy atom. The van der Waals surface area contributed by atoms with Crippen LogP contribution in [0.4, 0.5) is 8.78 Å². The number of aliphatic hydroxyl groups is 1. The third kappa shape index (κ3) is 4.29. The number of benzene rings is 1. The highest BCUT2D eigenvalue weighted by Gasteiger charge is 2.43. The van der Waals surface area contributed by atoms with Gasteiger partial charge in [0, 0.05) is 43.2 Å². The molecule has 0 radical (unpaired) electrons. The summed E-state index contributed by atoms with van der Waals surface area (Å²) in [5, 5.41) is 24.9. The van der Waals surface area contributed by atoms with Gasteiger partial charge in [-0.3, -0.25) is 9.88 Å². The predicted molar refractivity (Wildman–Crippen MR) is 120 cm³/mol. The first-order valence-electron chi connectivity index (χ1n) is 11.0. The van der Waals surface area contributed by atoms with Gasteiger partial charge >= 0.3 is 0 Å². The molecular weight excluding hydrogens is 454 g/mol. The molecule has 11 heteroatoms. The topological polar surface area (TPSA) is 109 Å². The minimum Gasteiger partial charge on any atom is -0.381 e. The van der Waals surface area contributed by atoms with E-state index >= 15 is 0 Å². The number of hydrogen-bond donors (Lipinski definition) is 1. The Morgan fingerprint density at radius 1 is 1.20 bits per heavy atom. The number of fused-ring (bicyclic) bond motifs is 1. The second-order valence-electron chi connectivity index (χ2n) is 8.57. The van der Waals surface area contributed by atoms with Crippen LogP contribution in [0.25, 0.3) is 11.4 Å². The Morgan fingerprint density at radius 3 is 2.74 bits per heavy atom. The SMILES string of the molecule is C[C@@H](N1CCn2cc(-c3ccc(C#N)cn3)nc2C1)[C@](O)(Cn1cncn1)c1ccc(F)cc1F. The van der Waals surface area contributed by atoms with E-state index in [0.29, 0.717) is 36.6 Å². The molecule has 1 aliphatic rings. The number of imidazole rings is 1. The standard InChI is InChI=1S/C24H22F2N8O/c1-16(24(35,13-34-15-28-14-30-34)19-4-3-18(25)8-20(19)26)32-6-7-33-11-22(31-23(33)12-32)21-5-2-17(9-27)10-29-21/h2-5,8,10-11,14-16,35H,6-7,12-13H2,1H3/t16-,24-/m1/s1. The van der Waals surface area contributed by atoms with Crippen LogP contribution < -0.4 is 0 Å². The van der Waals surface area contributed by atoms with E-state index in [4.69, 9.17) is 10.2 Å². The van der Waals surface area contributed by atoms with Crippen LogP contribution in [-0.4, -0.2) is 51.9 Å². The average Bonchev–Trinajstić information content (AvgIpc) is 3.52. The molecule has 0 amide bonds. The lowest BCUT2D eigenvalue weighted by Gasteiger charge is -2.42. The molecule has 35 heavy (non-hydrogen) atoms. The van der Waals surface area contributed by atoms with Crippen molar-refractivity contribution in [1.82, 2.24) is 34.2 Å². The predicted octanol–water partition coefficient (Wildman–Crippen LogP) is 2.48. The van der Waals surface area contributed by atoms with E-state index in [-0.39, 0.29) is 12.1 Å². The number of pyridine rings is 1. The highest BCUT2D eigenvalue weighted by molar-refractivity contribution is 5.54. The molecule has 5 rings (SSSR count). The monoisotopic (exact) mass is 476 g/mol. The van der Waals surface area contributed by atoms with Crippen molar-refractivity contribution in [2.45, 2.75) is 38.2 Å². The van der Waals surface area contributed by atoms with E-state index in [1.807, 2.05) is 21.7 Å². The first-order valence-corrected chi connectivity index (χ1v) is 11.0. The summed E-state index contributed by atoms with van der Waals surface area (Å²) >= 11 is 0. The average molecular weight is 476 g/mol. The Hall–Kier alpha value is -4.01. The van der Waals surface area contributed by atoms with Crippen LogP contribution in [0.5, 0.6) is 0 Å². The van der Waals surface area contributed by atoms with Gasteiger partial charge in [-0.25, -0.2) is 23.4 Å². The summed E-state index contributed by atoms with van der Waals surface area (Å²) in [5.41, 5.74) is 0.0660. The second-order valence-corrected chi connectivity index (χ2v) is 8.57. The molecule has 3 aromatic heterocycles. The van der Waals surface area contributed by atoms with Gasteiger partial charge in [-0.05, 0) is 25.1 Å². The number of aromatic nitrogens is 6. The highest BCUT2D eigenvalue weighted by Crippen LogP contribution is 2.34. The van der Waals surface area contributed by atoms with Gasteiger partial charge in [-0.15, -0.1) is 0 Å². The van der Waals surface area contributed by atoms with Crippen molar-refractivity contribution in [2.75, 3.05) is 6.54 Å². The summed E-state index contributed by atoms with van der Waals surface area (Å²) in [4.78, 5) is 15.0. The first kappa shape index (κ1) is 22.8. The summed E-state index contributed by atoms with van der Waals surface area (Å²) < 4.78 is 32.0. The quantitative estimate of drug-likeness (QED) is 0.455. The number of hydrogen-bond acceptors (Lipinski definition) is 7. The molecule has 1 aliphatic heterocycles. The van der Waals surface area contributed by atoms with Crippen LogP contribution in [0.1, 0.15) is 23.9 Å². The number of rotatable bonds is 6. The Bertz CT molecular complexity index is 1380. The van der Waals surface area contributed by atoms with Crippen LogP contribution >= 0.6 is 0 Å². The zero-order valence-electron chi connectivity index (χ0n) is 18.9. The van der Waals surface area contributed by atoms with E-state index in [1.54, 1.807) is 19.1 Å². The maximum atomic E-state index is 14.9. The van der Waals surface area contributed by atoms with Gasteiger partial charge in [0.1, 0.15) is 47.5 Å². The van der Waals surface area contributed by atoms with Crippen molar-refractivity contribution >= 4 is 0 Å². The van der Waals surface area contributed by atoms with Gasteiger partial charge in [0.15, 0.2) is 0 Å². The van der Waals surface area contributed by atoms with E-state index in [9.17, 15) is 13.9 Å². The van der Waals surface area contributed by atoms with Gasteiger partial charge in [-0.1, -0.05) is 6.07 Å². The van der Waals surface area contributed by atoms with Crippen LogP contribution in [0.3, 0.4) is 0 Å². The molecule has 1 aromatic carbocycles. The molecular formula is C24H22F2N8O. The first-order chi connectivity index (χ1) is 16.9. The maximum absolute atomic E-state index is 14.9. The molecule has 0 unspecified atom stereocenters. The Labute approximate surface area is 199 Å². The molecule has 2 atom stereocenters. The summed E-state index contributed by atoms with van der Waals surface area (Å²) in [7, 11) is 0. The number of nitrogens with zero attached hydrogens (tertiary/aromatic N) is 8. The third-order valence-corrected chi connectivity index (χ3v) is 6.49. The summed E-state index contributed by atoms with van der Waals surface area (Å²) in [6.45, 7) is 3.32. The van der Waals surface area contributed by atoms with E-state index < -0.39 is 23.3 Å². The van der Waals surface area contributed by atoms with E-state index in [2.05, 4.69) is 15.1 Å². The lowest BCUT2D eigenvalue weighted by Crippen LogP contribution is -2.53. The van der Waals surface area contributed by atoms with Crippen LogP contribution in [0, 0.1) is 23.0 Å². The second kappa shape index (κ2) is 8.98. The molecule has 0 spiro atoms. The molecule has 4 aromatic rings. The van der Waals surface area contributed by atoms with Gasteiger partial charge in [0.05, 0.1) is 24.3 Å².